The Morgan fingerprint density at radius 2 is 2.24 bits per heavy atom. The first-order valence-corrected chi connectivity index (χ1v) is 9.04. The number of methoxy groups -OCH3 is 1. The lowest BCUT2D eigenvalue weighted by atomic mass is 9.94. The van der Waals surface area contributed by atoms with Crippen LogP contribution in [0.1, 0.15) is 24.6 Å². The Morgan fingerprint density at radius 1 is 1.52 bits per heavy atom. The van der Waals surface area contributed by atoms with Crippen molar-refractivity contribution in [3.63, 3.8) is 0 Å². The molecule has 0 bridgehead atoms. The lowest BCUT2D eigenvalue weighted by molar-refractivity contribution is -0.138. The number of hydrogen-bond donors (Lipinski definition) is 1. The van der Waals surface area contributed by atoms with Crippen LogP contribution in [0.4, 0.5) is 0 Å². The third-order valence-corrected chi connectivity index (χ3v) is 6.27. The van der Waals surface area contributed by atoms with Crippen molar-refractivity contribution in [2.45, 2.75) is 36.0 Å². The van der Waals surface area contributed by atoms with Crippen LogP contribution in [0, 0.1) is 0 Å². The molecule has 6 nitrogen and oxygen atoms in total. The molecule has 1 fully saturated rings. The number of amides is 1. The van der Waals surface area contributed by atoms with Gasteiger partial charge < -0.3 is 9.64 Å². The summed E-state index contributed by atoms with van der Waals surface area (Å²) < 4.78 is 28.0. The van der Waals surface area contributed by atoms with E-state index in [-0.39, 0.29) is 22.1 Å². The monoisotopic (exact) mass is 332 g/mol. The van der Waals surface area contributed by atoms with E-state index < -0.39 is 10.0 Å². The zero-order valence-electron chi connectivity index (χ0n) is 12.2. The molecule has 1 aliphatic rings. The van der Waals surface area contributed by atoms with Crippen LogP contribution in [0.15, 0.2) is 16.3 Å². The topological polar surface area (TPSA) is 89.7 Å². The van der Waals surface area contributed by atoms with Gasteiger partial charge in [0.2, 0.25) is 15.9 Å². The number of rotatable bonds is 4. The van der Waals surface area contributed by atoms with Gasteiger partial charge in [-0.1, -0.05) is 0 Å². The lowest BCUT2D eigenvalue weighted by Crippen LogP contribution is -2.50. The summed E-state index contributed by atoms with van der Waals surface area (Å²) in [6.45, 7) is 3.28. The SMILES string of the molecule is COC1(C)CCCN(C(=O)Cc2ccc(S(N)(=O)=O)s2)C1. The Labute approximate surface area is 128 Å². The second kappa shape index (κ2) is 6.04. The Balaban J connectivity index is 2.03. The highest BCUT2D eigenvalue weighted by Crippen LogP contribution is 2.26. The van der Waals surface area contributed by atoms with Crippen molar-refractivity contribution in [2.75, 3.05) is 20.2 Å². The van der Waals surface area contributed by atoms with Crippen LogP contribution in [-0.4, -0.2) is 45.0 Å². The van der Waals surface area contributed by atoms with Crippen LogP contribution < -0.4 is 5.14 Å². The number of carbonyl (C=O) groups is 1. The van der Waals surface area contributed by atoms with Gasteiger partial charge in [0, 0.05) is 25.1 Å². The van der Waals surface area contributed by atoms with Crippen molar-refractivity contribution in [3.05, 3.63) is 17.0 Å². The van der Waals surface area contributed by atoms with Crippen LogP contribution in [-0.2, 0) is 26.0 Å². The second-order valence-electron chi connectivity index (χ2n) is 5.52. The van der Waals surface area contributed by atoms with E-state index in [0.29, 0.717) is 18.0 Å². The smallest absolute Gasteiger partial charge is 0.247 e. The van der Waals surface area contributed by atoms with Crippen LogP contribution >= 0.6 is 11.3 Å². The van der Waals surface area contributed by atoms with Crippen LogP contribution in [0.3, 0.4) is 0 Å². The average molecular weight is 332 g/mol. The van der Waals surface area contributed by atoms with Gasteiger partial charge >= 0.3 is 0 Å². The highest BCUT2D eigenvalue weighted by molar-refractivity contribution is 7.91. The van der Waals surface area contributed by atoms with E-state index in [1.807, 2.05) is 6.92 Å². The molecule has 0 saturated carbocycles. The van der Waals surface area contributed by atoms with E-state index in [9.17, 15) is 13.2 Å². The molecule has 8 heteroatoms. The number of carbonyl (C=O) groups excluding carboxylic acids is 1. The van der Waals surface area contributed by atoms with Gasteiger partial charge in [-0.25, -0.2) is 13.6 Å². The second-order valence-corrected chi connectivity index (χ2v) is 8.47. The van der Waals surface area contributed by atoms with Crippen molar-refractivity contribution in [2.24, 2.45) is 5.14 Å². The van der Waals surface area contributed by atoms with E-state index in [4.69, 9.17) is 9.88 Å². The maximum Gasteiger partial charge on any atom is 0.247 e. The first kappa shape index (κ1) is 16.4. The minimum Gasteiger partial charge on any atom is -0.377 e. The number of hydrogen-bond acceptors (Lipinski definition) is 5. The van der Waals surface area contributed by atoms with Crippen LogP contribution in [0.25, 0.3) is 0 Å². The molecule has 2 rings (SSSR count). The zero-order chi connectivity index (χ0) is 15.7. The normalized spacial score (nSPS) is 23.3. The average Bonchev–Trinajstić information content (AvgIpc) is 2.87. The fraction of sp³-hybridized carbons (Fsp3) is 0.615. The molecule has 0 spiro atoms. The van der Waals surface area contributed by atoms with Crippen molar-refractivity contribution in [1.82, 2.24) is 4.90 Å². The summed E-state index contributed by atoms with van der Waals surface area (Å²) in [5.74, 6) is -0.0132. The van der Waals surface area contributed by atoms with E-state index >= 15 is 0 Å². The quantitative estimate of drug-likeness (QED) is 0.889. The van der Waals surface area contributed by atoms with Gasteiger partial charge in [-0.3, -0.25) is 4.79 Å². The lowest BCUT2D eigenvalue weighted by Gasteiger charge is -2.39. The Kier molecular flexibility index (Phi) is 4.72. The Bertz CT molecular complexity index is 626. The summed E-state index contributed by atoms with van der Waals surface area (Å²) in [5.41, 5.74) is -0.297. The minimum atomic E-state index is -3.69. The maximum atomic E-state index is 12.3. The molecule has 118 valence electrons. The Hall–Kier alpha value is -0.960. The molecular weight excluding hydrogens is 312 g/mol. The van der Waals surface area contributed by atoms with Gasteiger partial charge in [-0.05, 0) is 31.9 Å². The number of likely N-dealkylation sites (tertiary alicyclic amines) is 1. The number of ether oxygens (including phenoxy) is 1. The summed E-state index contributed by atoms with van der Waals surface area (Å²) in [4.78, 5) is 14.8. The number of sulfonamides is 1. The summed E-state index contributed by atoms with van der Waals surface area (Å²) in [6, 6.07) is 3.08. The predicted molar refractivity (Wildman–Crippen MR) is 80.6 cm³/mol. The molecular formula is C13H20N2O4S2. The third kappa shape index (κ3) is 4.03. The highest BCUT2D eigenvalue weighted by atomic mass is 32.2. The standard InChI is InChI=1S/C13H20N2O4S2/c1-13(19-2)6-3-7-15(9-13)11(16)8-10-4-5-12(20-10)21(14,17)18/h4-5H,3,6-9H2,1-2H3,(H2,14,17,18). The molecule has 2 heterocycles. The molecule has 1 amide bonds. The van der Waals surface area contributed by atoms with Crippen molar-refractivity contribution in [3.8, 4) is 0 Å². The van der Waals surface area contributed by atoms with E-state index in [1.54, 1.807) is 18.1 Å². The van der Waals surface area contributed by atoms with Crippen molar-refractivity contribution < 1.29 is 17.9 Å². The largest absolute Gasteiger partial charge is 0.377 e. The number of nitrogens with two attached hydrogens (primary N) is 1. The molecule has 1 atom stereocenters. The molecule has 1 aromatic rings. The number of nitrogens with zero attached hydrogens (tertiary/aromatic N) is 1. The molecule has 1 saturated heterocycles. The van der Waals surface area contributed by atoms with Gasteiger partial charge in [0.1, 0.15) is 4.21 Å². The first-order valence-electron chi connectivity index (χ1n) is 6.68. The highest BCUT2D eigenvalue weighted by Gasteiger charge is 2.33. The third-order valence-electron chi connectivity index (χ3n) is 3.75. The summed E-state index contributed by atoms with van der Waals surface area (Å²) in [5, 5.41) is 5.07. The van der Waals surface area contributed by atoms with Gasteiger partial charge in [0.05, 0.1) is 12.0 Å². The van der Waals surface area contributed by atoms with E-state index in [2.05, 4.69) is 0 Å². The molecule has 0 aliphatic carbocycles. The van der Waals surface area contributed by atoms with Crippen molar-refractivity contribution in [1.29, 1.82) is 0 Å². The molecule has 1 aromatic heterocycles. The summed E-state index contributed by atoms with van der Waals surface area (Å²) in [7, 11) is -2.03. The molecule has 0 radical (unpaired) electrons. The minimum absolute atomic E-state index is 0.0132. The molecule has 2 N–H and O–H groups in total. The van der Waals surface area contributed by atoms with Gasteiger partial charge in [0.15, 0.2) is 0 Å². The van der Waals surface area contributed by atoms with Crippen molar-refractivity contribution >= 4 is 27.3 Å². The Morgan fingerprint density at radius 3 is 2.81 bits per heavy atom. The zero-order valence-corrected chi connectivity index (χ0v) is 13.8. The number of thiophene rings is 1. The number of primary sulfonamides is 1. The fourth-order valence-corrected chi connectivity index (χ4v) is 4.22. The van der Waals surface area contributed by atoms with E-state index in [0.717, 1.165) is 24.2 Å². The maximum absolute atomic E-state index is 12.3. The molecule has 1 aliphatic heterocycles. The molecule has 21 heavy (non-hydrogen) atoms. The van der Waals surface area contributed by atoms with Gasteiger partial charge in [0.25, 0.3) is 0 Å². The first-order chi connectivity index (χ1) is 9.73. The molecule has 0 aromatic carbocycles. The van der Waals surface area contributed by atoms with Crippen LogP contribution in [0.5, 0.6) is 0 Å². The van der Waals surface area contributed by atoms with Crippen LogP contribution in [0.2, 0.25) is 0 Å². The summed E-state index contributed by atoms with van der Waals surface area (Å²) in [6.07, 6.45) is 2.03. The number of piperidine rings is 1. The summed E-state index contributed by atoms with van der Waals surface area (Å²) >= 11 is 1.05. The predicted octanol–water partition coefficient (Wildman–Crippen LogP) is 0.966. The fourth-order valence-electron chi connectivity index (χ4n) is 2.45. The van der Waals surface area contributed by atoms with Gasteiger partial charge in [-0.2, -0.15) is 0 Å². The van der Waals surface area contributed by atoms with E-state index in [1.165, 1.54) is 6.07 Å². The van der Waals surface area contributed by atoms with Gasteiger partial charge in [-0.15, -0.1) is 11.3 Å². The molecule has 1 unspecified atom stereocenters.